The first-order valence-corrected chi connectivity index (χ1v) is 7.75. The van der Waals surface area contributed by atoms with Crippen LogP contribution in [0.5, 0.6) is 11.5 Å². The number of rotatable bonds is 2. The molecular weight excluding hydrogens is 404 g/mol. The molecule has 1 aliphatic rings. The Morgan fingerprint density at radius 2 is 1.86 bits per heavy atom. The van der Waals surface area contributed by atoms with E-state index >= 15 is 0 Å². The highest BCUT2D eigenvalue weighted by molar-refractivity contribution is 9.11. The molecule has 2 heterocycles. The van der Waals surface area contributed by atoms with Crippen LogP contribution in [-0.4, -0.2) is 24.1 Å². The van der Waals surface area contributed by atoms with Gasteiger partial charge in [0.2, 0.25) is 0 Å². The van der Waals surface area contributed by atoms with E-state index in [1.54, 1.807) is 30.5 Å². The predicted molar refractivity (Wildman–Crippen MR) is 85.0 cm³/mol. The van der Waals surface area contributed by atoms with Crippen molar-refractivity contribution in [2.45, 2.75) is 0 Å². The summed E-state index contributed by atoms with van der Waals surface area (Å²) in [4.78, 5) is 16.3. The number of nitrogens with zero attached hydrogens (tertiary/aromatic N) is 1. The number of halogens is 2. The minimum Gasteiger partial charge on any atom is -0.486 e. The molecule has 5 nitrogen and oxygen atoms in total. The Morgan fingerprint density at radius 1 is 1.14 bits per heavy atom. The lowest BCUT2D eigenvalue weighted by Crippen LogP contribution is -2.17. The zero-order valence-electron chi connectivity index (χ0n) is 10.7. The smallest absolute Gasteiger partial charge is 0.275 e. The molecule has 1 aromatic heterocycles. The van der Waals surface area contributed by atoms with Crippen molar-refractivity contribution in [2.75, 3.05) is 18.5 Å². The number of pyridine rings is 1. The Balaban J connectivity index is 1.88. The molecule has 1 N–H and O–H groups in total. The van der Waals surface area contributed by atoms with Gasteiger partial charge in [-0.3, -0.25) is 4.79 Å². The van der Waals surface area contributed by atoms with Crippen LogP contribution in [0, 0.1) is 0 Å². The molecule has 1 amide bonds. The molecule has 7 heteroatoms. The average Bonchev–Trinajstić information content (AvgIpc) is 2.48. The first-order valence-electron chi connectivity index (χ1n) is 6.16. The van der Waals surface area contributed by atoms with Gasteiger partial charge < -0.3 is 14.8 Å². The highest BCUT2D eigenvalue weighted by Gasteiger charge is 2.18. The number of carbonyl (C=O) groups is 1. The monoisotopic (exact) mass is 412 g/mol. The van der Waals surface area contributed by atoms with Crippen molar-refractivity contribution >= 4 is 43.5 Å². The second kappa shape index (κ2) is 6.03. The summed E-state index contributed by atoms with van der Waals surface area (Å²) in [7, 11) is 0. The van der Waals surface area contributed by atoms with Crippen LogP contribution in [0.1, 0.15) is 10.5 Å². The number of amides is 1. The van der Waals surface area contributed by atoms with Crippen LogP contribution in [0.25, 0.3) is 0 Å². The summed E-state index contributed by atoms with van der Waals surface area (Å²) >= 11 is 6.72. The van der Waals surface area contributed by atoms with Gasteiger partial charge in [0.25, 0.3) is 5.91 Å². The maximum atomic E-state index is 12.3. The van der Waals surface area contributed by atoms with Gasteiger partial charge in [0.1, 0.15) is 18.9 Å². The Labute approximate surface area is 137 Å². The second-order valence-corrected chi connectivity index (χ2v) is 5.97. The fraction of sp³-hybridized carbons (Fsp3) is 0.143. The van der Waals surface area contributed by atoms with Crippen molar-refractivity contribution in [1.82, 2.24) is 4.98 Å². The summed E-state index contributed by atoms with van der Waals surface area (Å²) in [5.41, 5.74) is 0.918. The van der Waals surface area contributed by atoms with Crippen LogP contribution in [0.3, 0.4) is 0 Å². The summed E-state index contributed by atoms with van der Waals surface area (Å²) < 4.78 is 12.3. The maximum Gasteiger partial charge on any atom is 0.275 e. The van der Waals surface area contributed by atoms with E-state index in [2.05, 4.69) is 42.2 Å². The molecule has 2 aromatic rings. The van der Waals surface area contributed by atoms with Gasteiger partial charge in [0.15, 0.2) is 11.5 Å². The van der Waals surface area contributed by atoms with E-state index < -0.39 is 0 Å². The third-order valence-corrected chi connectivity index (χ3v) is 4.15. The standard InChI is InChI=1S/C14H10Br2N2O3/c15-8-2-1-3-17-13(8)14(19)18-10-7-12-11(6-9(10)16)20-4-5-21-12/h1-3,6-7H,4-5H2,(H,18,19). The molecule has 3 rings (SSSR count). The third kappa shape index (κ3) is 3.03. The minimum atomic E-state index is -0.306. The van der Waals surface area contributed by atoms with E-state index in [0.29, 0.717) is 45.0 Å². The predicted octanol–water partition coefficient (Wildman–Crippen LogP) is 3.63. The number of hydrogen-bond acceptors (Lipinski definition) is 4. The van der Waals surface area contributed by atoms with Crippen LogP contribution >= 0.6 is 31.9 Å². The Bertz CT molecular complexity index is 707. The molecule has 1 aliphatic heterocycles. The summed E-state index contributed by atoms with van der Waals surface area (Å²) in [6.07, 6.45) is 1.57. The van der Waals surface area contributed by atoms with Gasteiger partial charge in [-0.05, 0) is 44.0 Å². The zero-order chi connectivity index (χ0) is 14.8. The summed E-state index contributed by atoms with van der Waals surface area (Å²) in [6.45, 7) is 1.01. The molecule has 0 saturated heterocycles. The maximum absolute atomic E-state index is 12.3. The molecule has 0 fully saturated rings. The van der Waals surface area contributed by atoms with Crippen molar-refractivity contribution in [3.63, 3.8) is 0 Å². The number of benzene rings is 1. The SMILES string of the molecule is O=C(Nc1cc2c(cc1Br)OCCO2)c1ncccc1Br. The summed E-state index contributed by atoms with van der Waals surface area (Å²) in [5.74, 6) is 0.963. The normalized spacial score (nSPS) is 12.9. The number of ether oxygens (including phenoxy) is 2. The largest absolute Gasteiger partial charge is 0.486 e. The molecule has 1 aromatic carbocycles. The number of anilines is 1. The fourth-order valence-electron chi connectivity index (χ4n) is 1.89. The lowest BCUT2D eigenvalue weighted by atomic mass is 10.2. The molecule has 108 valence electrons. The third-order valence-electron chi connectivity index (χ3n) is 2.85. The number of aromatic nitrogens is 1. The minimum absolute atomic E-state index is 0.306. The first-order chi connectivity index (χ1) is 10.1. The van der Waals surface area contributed by atoms with E-state index in [0.717, 1.165) is 0 Å². The lowest BCUT2D eigenvalue weighted by molar-refractivity contribution is 0.102. The molecule has 0 unspecified atom stereocenters. The van der Waals surface area contributed by atoms with Gasteiger partial charge >= 0.3 is 0 Å². The van der Waals surface area contributed by atoms with Gasteiger partial charge in [-0.1, -0.05) is 0 Å². The molecule has 0 atom stereocenters. The van der Waals surface area contributed by atoms with Crippen LogP contribution in [-0.2, 0) is 0 Å². The van der Waals surface area contributed by atoms with E-state index in [1.807, 2.05) is 0 Å². The van der Waals surface area contributed by atoms with Crippen molar-refractivity contribution in [3.05, 3.63) is 45.1 Å². The summed E-state index contributed by atoms with van der Waals surface area (Å²) in [6, 6.07) is 7.02. The highest BCUT2D eigenvalue weighted by atomic mass is 79.9. The molecule has 0 radical (unpaired) electrons. The number of carbonyl (C=O) groups excluding carboxylic acids is 1. The molecule has 0 spiro atoms. The lowest BCUT2D eigenvalue weighted by Gasteiger charge is -2.20. The van der Waals surface area contributed by atoms with Crippen molar-refractivity contribution in [1.29, 1.82) is 0 Å². The molecule has 0 saturated carbocycles. The Hall–Kier alpha value is -1.60. The van der Waals surface area contributed by atoms with Gasteiger partial charge in [0.05, 0.1) is 5.69 Å². The molecule has 0 bridgehead atoms. The van der Waals surface area contributed by atoms with Crippen LogP contribution in [0.15, 0.2) is 39.4 Å². The fourth-order valence-corrected chi connectivity index (χ4v) is 2.75. The van der Waals surface area contributed by atoms with E-state index in [1.165, 1.54) is 0 Å². The van der Waals surface area contributed by atoms with Crippen molar-refractivity contribution in [2.24, 2.45) is 0 Å². The van der Waals surface area contributed by atoms with E-state index in [4.69, 9.17) is 9.47 Å². The second-order valence-electron chi connectivity index (χ2n) is 4.26. The zero-order valence-corrected chi connectivity index (χ0v) is 13.9. The summed E-state index contributed by atoms with van der Waals surface area (Å²) in [5, 5.41) is 2.80. The Kier molecular flexibility index (Phi) is 4.12. The molecule has 0 aliphatic carbocycles. The van der Waals surface area contributed by atoms with Crippen LogP contribution in [0.4, 0.5) is 5.69 Å². The number of fused-ring (bicyclic) bond motifs is 1. The molecular formula is C14H10Br2N2O3. The molecule has 21 heavy (non-hydrogen) atoms. The van der Waals surface area contributed by atoms with Crippen LogP contribution < -0.4 is 14.8 Å². The van der Waals surface area contributed by atoms with Gasteiger partial charge in [0, 0.05) is 27.3 Å². The van der Waals surface area contributed by atoms with E-state index in [9.17, 15) is 4.79 Å². The van der Waals surface area contributed by atoms with Crippen LogP contribution in [0.2, 0.25) is 0 Å². The average molecular weight is 414 g/mol. The highest BCUT2D eigenvalue weighted by Crippen LogP contribution is 2.38. The van der Waals surface area contributed by atoms with Gasteiger partial charge in [-0.2, -0.15) is 0 Å². The van der Waals surface area contributed by atoms with Gasteiger partial charge in [-0.25, -0.2) is 4.98 Å². The van der Waals surface area contributed by atoms with E-state index in [-0.39, 0.29) is 5.91 Å². The van der Waals surface area contributed by atoms with Gasteiger partial charge in [-0.15, -0.1) is 0 Å². The quantitative estimate of drug-likeness (QED) is 0.816. The topological polar surface area (TPSA) is 60.5 Å². The van der Waals surface area contributed by atoms with Crippen molar-refractivity contribution in [3.8, 4) is 11.5 Å². The number of hydrogen-bond donors (Lipinski definition) is 1. The number of nitrogens with one attached hydrogen (secondary N) is 1. The van der Waals surface area contributed by atoms with Crippen molar-refractivity contribution < 1.29 is 14.3 Å². The Morgan fingerprint density at radius 3 is 2.57 bits per heavy atom. The first kappa shape index (κ1) is 14.3.